The second-order valence-corrected chi connectivity index (χ2v) is 10.5. The fraction of sp³-hybridized carbons (Fsp3) is 0.263. The van der Waals surface area contributed by atoms with Crippen LogP contribution in [0.4, 0.5) is 4.79 Å². The molecule has 0 saturated heterocycles. The molecule has 156 valence electrons. The van der Waals surface area contributed by atoms with Gasteiger partial charge >= 0.3 is 6.09 Å². The van der Waals surface area contributed by atoms with Gasteiger partial charge in [0.2, 0.25) is 0 Å². The Kier molecular flexibility index (Phi) is 10.0. The van der Waals surface area contributed by atoms with Crippen LogP contribution in [-0.2, 0) is 16.6 Å². The number of oxime groups is 1. The van der Waals surface area contributed by atoms with Crippen molar-refractivity contribution in [2.45, 2.75) is 13.8 Å². The molecule has 0 fully saturated rings. The zero-order valence-corrected chi connectivity index (χ0v) is 20.1. The standard InChI is InChI=1S/C19H24N3O3PS3/c1-5-22(29-21(3)19(23)24-20-15(2)28-4)26(27)25-18-14-10-9-13-17(18)16-11-7-6-8-12-16/h6-14,26H,5H2,1-4H3. The van der Waals surface area contributed by atoms with Gasteiger partial charge in [0.05, 0.1) is 12.1 Å². The molecule has 0 bridgehead atoms. The second-order valence-electron chi connectivity index (χ2n) is 5.68. The summed E-state index contributed by atoms with van der Waals surface area (Å²) in [5, 5.41) is 4.43. The Morgan fingerprint density at radius 3 is 2.48 bits per heavy atom. The second kappa shape index (κ2) is 12.2. The Balaban J connectivity index is 2.06. The smallest absolute Gasteiger partial charge is 0.446 e. The maximum atomic E-state index is 12.1. The van der Waals surface area contributed by atoms with Crippen molar-refractivity contribution in [3.05, 3.63) is 54.6 Å². The molecule has 1 unspecified atom stereocenters. The van der Waals surface area contributed by atoms with Crippen LogP contribution in [0.2, 0.25) is 0 Å². The van der Waals surface area contributed by atoms with Crippen molar-refractivity contribution >= 4 is 53.9 Å². The third-order valence-electron chi connectivity index (χ3n) is 3.69. The summed E-state index contributed by atoms with van der Waals surface area (Å²) in [6.07, 6.45) is 1.29. The van der Waals surface area contributed by atoms with Gasteiger partial charge in [0.15, 0.2) is 7.07 Å². The monoisotopic (exact) mass is 469 g/mol. The molecule has 0 spiro atoms. The van der Waals surface area contributed by atoms with Crippen molar-refractivity contribution < 1.29 is 14.2 Å². The highest BCUT2D eigenvalue weighted by Gasteiger charge is 2.19. The summed E-state index contributed by atoms with van der Waals surface area (Å²) >= 11 is 8.24. The number of hydrogen-bond acceptors (Lipinski definition) is 7. The topological polar surface area (TPSA) is 54.4 Å². The van der Waals surface area contributed by atoms with Gasteiger partial charge in [-0.15, -0.1) is 11.8 Å². The van der Waals surface area contributed by atoms with Gasteiger partial charge in [0.25, 0.3) is 0 Å². The van der Waals surface area contributed by atoms with Crippen LogP contribution in [0.5, 0.6) is 5.75 Å². The molecule has 0 radical (unpaired) electrons. The lowest BCUT2D eigenvalue weighted by molar-refractivity contribution is 0.137. The largest absolute Gasteiger partial charge is 0.454 e. The first-order valence-electron chi connectivity index (χ1n) is 8.81. The number of para-hydroxylation sites is 1. The minimum Gasteiger partial charge on any atom is -0.454 e. The van der Waals surface area contributed by atoms with E-state index in [1.54, 1.807) is 14.0 Å². The molecule has 0 aliphatic carbocycles. The van der Waals surface area contributed by atoms with Crippen molar-refractivity contribution in [3.8, 4) is 16.9 Å². The number of hydrogen-bond donors (Lipinski definition) is 0. The normalized spacial score (nSPS) is 12.5. The van der Waals surface area contributed by atoms with Crippen LogP contribution in [0, 0.1) is 0 Å². The maximum absolute atomic E-state index is 12.1. The molecule has 0 aromatic heterocycles. The van der Waals surface area contributed by atoms with Crippen molar-refractivity contribution in [1.82, 2.24) is 8.38 Å². The molecular formula is C19H24N3O3PS3. The van der Waals surface area contributed by atoms with Gasteiger partial charge in [-0.1, -0.05) is 60.6 Å². The number of carbonyl (C=O) groups excluding carboxylic acids is 1. The van der Waals surface area contributed by atoms with E-state index in [1.165, 1.54) is 28.2 Å². The van der Waals surface area contributed by atoms with Crippen LogP contribution in [0.25, 0.3) is 11.1 Å². The Hall–Kier alpha value is -1.51. The van der Waals surface area contributed by atoms with Gasteiger partial charge in [-0.3, -0.25) is 4.84 Å². The highest BCUT2D eigenvalue weighted by molar-refractivity contribution is 8.13. The molecule has 10 heteroatoms. The molecule has 1 atom stereocenters. The zero-order valence-electron chi connectivity index (χ0n) is 16.7. The zero-order chi connectivity index (χ0) is 21.2. The SMILES string of the molecule is CCN(SN(C)C(=O)ON=C(C)SC)[PH](=S)Oc1ccccc1-c1ccccc1. The van der Waals surface area contributed by atoms with Crippen molar-refractivity contribution in [2.24, 2.45) is 5.16 Å². The molecule has 0 saturated carbocycles. The van der Waals surface area contributed by atoms with E-state index in [0.29, 0.717) is 11.6 Å². The molecule has 6 nitrogen and oxygen atoms in total. The van der Waals surface area contributed by atoms with Crippen molar-refractivity contribution in [3.63, 3.8) is 0 Å². The molecule has 1 amide bonds. The first kappa shape index (κ1) is 23.8. The summed E-state index contributed by atoms with van der Waals surface area (Å²) in [5.74, 6) is 0.729. The van der Waals surface area contributed by atoms with Crippen LogP contribution in [0.15, 0.2) is 59.8 Å². The number of nitrogens with zero attached hydrogens (tertiary/aromatic N) is 3. The van der Waals surface area contributed by atoms with Crippen molar-refractivity contribution in [1.29, 1.82) is 0 Å². The molecule has 2 rings (SSSR count). The molecule has 0 heterocycles. The van der Waals surface area contributed by atoms with Gasteiger partial charge in [0.1, 0.15) is 10.8 Å². The minimum atomic E-state index is -1.83. The minimum absolute atomic E-state index is 0.573. The highest BCUT2D eigenvalue weighted by atomic mass is 32.4. The lowest BCUT2D eigenvalue weighted by Gasteiger charge is -2.25. The van der Waals surface area contributed by atoms with Gasteiger partial charge in [-0.2, -0.15) is 4.08 Å². The van der Waals surface area contributed by atoms with Crippen LogP contribution >= 0.6 is 31.0 Å². The van der Waals surface area contributed by atoms with Crippen molar-refractivity contribution in [2.75, 3.05) is 19.8 Å². The van der Waals surface area contributed by atoms with Gasteiger partial charge in [-0.05, 0) is 36.6 Å². The van der Waals surface area contributed by atoms with E-state index < -0.39 is 13.2 Å². The summed E-state index contributed by atoms with van der Waals surface area (Å²) in [5.41, 5.74) is 2.04. The Morgan fingerprint density at radius 2 is 1.83 bits per heavy atom. The van der Waals surface area contributed by atoms with Gasteiger partial charge in [0, 0.05) is 19.2 Å². The fourth-order valence-electron chi connectivity index (χ4n) is 2.16. The lowest BCUT2D eigenvalue weighted by Crippen LogP contribution is -2.24. The average Bonchev–Trinajstić information content (AvgIpc) is 2.76. The van der Waals surface area contributed by atoms with Crippen LogP contribution < -0.4 is 4.52 Å². The third kappa shape index (κ3) is 7.35. The van der Waals surface area contributed by atoms with E-state index in [2.05, 4.69) is 5.16 Å². The van der Waals surface area contributed by atoms with E-state index in [1.807, 2.05) is 71.9 Å². The number of rotatable bonds is 8. The third-order valence-corrected chi connectivity index (χ3v) is 8.32. The maximum Gasteiger partial charge on any atom is 0.446 e. The molecule has 2 aromatic carbocycles. The molecule has 2 aromatic rings. The Bertz CT molecular complexity index is 868. The lowest BCUT2D eigenvalue weighted by atomic mass is 10.1. The Labute approximate surface area is 186 Å². The van der Waals surface area contributed by atoms with Crippen LogP contribution in [0.1, 0.15) is 13.8 Å². The Morgan fingerprint density at radius 1 is 1.17 bits per heavy atom. The molecule has 0 N–H and O–H groups in total. The first-order valence-corrected chi connectivity index (χ1v) is 13.3. The fourth-order valence-corrected chi connectivity index (χ4v) is 5.21. The summed E-state index contributed by atoms with van der Waals surface area (Å²) in [6.45, 7) is 4.35. The molecular weight excluding hydrogens is 445 g/mol. The van der Waals surface area contributed by atoms with E-state index in [9.17, 15) is 4.79 Å². The van der Waals surface area contributed by atoms with E-state index in [-0.39, 0.29) is 0 Å². The number of amides is 1. The van der Waals surface area contributed by atoms with E-state index in [0.717, 1.165) is 16.9 Å². The predicted octanol–water partition coefficient (Wildman–Crippen LogP) is 5.89. The van der Waals surface area contributed by atoms with E-state index in [4.69, 9.17) is 21.2 Å². The summed E-state index contributed by atoms with van der Waals surface area (Å²) in [4.78, 5) is 17.0. The molecule has 0 aliphatic rings. The molecule has 0 aliphatic heterocycles. The molecule has 29 heavy (non-hydrogen) atoms. The number of benzene rings is 2. The van der Waals surface area contributed by atoms with E-state index >= 15 is 0 Å². The number of carbonyl (C=O) groups is 1. The predicted molar refractivity (Wildman–Crippen MR) is 129 cm³/mol. The summed E-state index contributed by atoms with van der Waals surface area (Å²) < 4.78 is 9.38. The number of thioether (sulfide) groups is 1. The summed E-state index contributed by atoms with van der Waals surface area (Å²) in [6, 6.07) is 17.8. The summed E-state index contributed by atoms with van der Waals surface area (Å²) in [7, 11) is -0.220. The average molecular weight is 470 g/mol. The van der Waals surface area contributed by atoms with Gasteiger partial charge < -0.3 is 4.52 Å². The quantitative estimate of drug-likeness (QED) is 0.119. The highest BCUT2D eigenvalue weighted by Crippen LogP contribution is 2.41. The van der Waals surface area contributed by atoms with Crippen LogP contribution in [-0.4, -0.2) is 39.4 Å². The van der Waals surface area contributed by atoms with Gasteiger partial charge in [-0.25, -0.2) is 9.10 Å². The first-order chi connectivity index (χ1) is 14.0. The van der Waals surface area contributed by atoms with Crippen LogP contribution in [0.3, 0.4) is 0 Å².